The number of phenolic OH excluding ortho intramolecular Hbond substituents is 1. The van der Waals surface area contributed by atoms with E-state index in [-0.39, 0.29) is 11.8 Å². The van der Waals surface area contributed by atoms with Crippen molar-refractivity contribution >= 4 is 35.5 Å². The summed E-state index contributed by atoms with van der Waals surface area (Å²) in [5.74, 6) is 3.28. The first kappa shape index (κ1) is 21.5. The van der Waals surface area contributed by atoms with Crippen molar-refractivity contribution in [2.75, 3.05) is 29.6 Å². The zero-order valence-corrected chi connectivity index (χ0v) is 17.3. The Labute approximate surface area is 171 Å². The number of hydrogen-bond donors (Lipinski definition) is 2. The molecule has 0 saturated heterocycles. The van der Waals surface area contributed by atoms with E-state index in [4.69, 9.17) is 6.42 Å². The van der Waals surface area contributed by atoms with E-state index in [1.807, 2.05) is 62.2 Å². The SMILES string of the molecule is C#CCN(c1ccc(/C=C(\C=O)CSc2ccccc2NC)c(O)c1)C(C)C. The number of carbonyl (C=O) groups excluding carboxylic acids is 1. The highest BCUT2D eigenvalue weighted by Crippen LogP contribution is 2.30. The molecule has 0 spiro atoms. The Morgan fingerprint density at radius 3 is 2.68 bits per heavy atom. The van der Waals surface area contributed by atoms with Gasteiger partial charge in [0.1, 0.15) is 12.0 Å². The molecule has 5 heteroatoms. The van der Waals surface area contributed by atoms with Crippen molar-refractivity contribution in [3.05, 3.63) is 53.6 Å². The van der Waals surface area contributed by atoms with E-state index < -0.39 is 0 Å². The van der Waals surface area contributed by atoms with Gasteiger partial charge in [-0.05, 0) is 44.2 Å². The van der Waals surface area contributed by atoms with Crippen LogP contribution in [0.25, 0.3) is 6.08 Å². The molecule has 0 fully saturated rings. The van der Waals surface area contributed by atoms with Crippen molar-refractivity contribution in [1.82, 2.24) is 0 Å². The Morgan fingerprint density at radius 1 is 1.32 bits per heavy atom. The van der Waals surface area contributed by atoms with Gasteiger partial charge in [0.15, 0.2) is 0 Å². The quantitative estimate of drug-likeness (QED) is 0.280. The highest BCUT2D eigenvalue weighted by Gasteiger charge is 2.12. The molecule has 4 nitrogen and oxygen atoms in total. The Hall–Kier alpha value is -2.84. The van der Waals surface area contributed by atoms with Crippen molar-refractivity contribution in [3.8, 4) is 18.1 Å². The molecule has 0 heterocycles. The molecule has 0 aliphatic heterocycles. The summed E-state index contributed by atoms with van der Waals surface area (Å²) in [5, 5.41) is 13.6. The molecule has 0 unspecified atom stereocenters. The van der Waals surface area contributed by atoms with Gasteiger partial charge in [0.2, 0.25) is 0 Å². The van der Waals surface area contributed by atoms with Gasteiger partial charge in [0.25, 0.3) is 0 Å². The summed E-state index contributed by atoms with van der Waals surface area (Å²) in [6.45, 7) is 4.56. The number of carbonyl (C=O) groups is 1. The largest absolute Gasteiger partial charge is 0.507 e. The summed E-state index contributed by atoms with van der Waals surface area (Å²) in [6.07, 6.45) is 8.01. The predicted octanol–water partition coefficient (Wildman–Crippen LogP) is 4.66. The number of para-hydroxylation sites is 1. The lowest BCUT2D eigenvalue weighted by Gasteiger charge is -2.27. The normalized spacial score (nSPS) is 11.2. The lowest BCUT2D eigenvalue weighted by molar-refractivity contribution is -0.104. The van der Waals surface area contributed by atoms with Crippen molar-refractivity contribution in [2.24, 2.45) is 0 Å². The average Bonchev–Trinajstić information content (AvgIpc) is 2.70. The standard InChI is InChI=1S/C23H26N2O2S/c1-5-12-25(17(2)3)20-11-10-19(22(27)14-20)13-18(15-26)16-28-23-9-7-6-8-21(23)24-4/h1,6-11,13-15,17,24,27H,12,16H2,2-4H3/b18-13+. The van der Waals surface area contributed by atoms with Gasteiger partial charge in [-0.3, -0.25) is 4.79 Å². The van der Waals surface area contributed by atoms with E-state index in [2.05, 4.69) is 11.2 Å². The topological polar surface area (TPSA) is 52.6 Å². The highest BCUT2D eigenvalue weighted by molar-refractivity contribution is 7.99. The second kappa shape index (κ2) is 10.5. The van der Waals surface area contributed by atoms with E-state index >= 15 is 0 Å². The third kappa shape index (κ3) is 5.58. The molecule has 2 rings (SSSR count). The molecule has 146 valence electrons. The van der Waals surface area contributed by atoms with Gasteiger partial charge in [0.05, 0.1) is 6.54 Å². The van der Waals surface area contributed by atoms with Crippen LogP contribution in [0.1, 0.15) is 19.4 Å². The van der Waals surface area contributed by atoms with Crippen molar-refractivity contribution in [2.45, 2.75) is 24.8 Å². The summed E-state index contributed by atoms with van der Waals surface area (Å²) in [4.78, 5) is 14.6. The molecule has 0 amide bonds. The van der Waals surface area contributed by atoms with Gasteiger partial charge in [0, 0.05) is 52.3 Å². The molecule has 0 aliphatic carbocycles. The van der Waals surface area contributed by atoms with E-state index in [1.54, 1.807) is 23.9 Å². The van der Waals surface area contributed by atoms with Crippen LogP contribution in [0.3, 0.4) is 0 Å². The Balaban J connectivity index is 2.20. The van der Waals surface area contributed by atoms with Crippen LogP contribution in [-0.2, 0) is 4.79 Å². The van der Waals surface area contributed by atoms with E-state index in [9.17, 15) is 9.90 Å². The van der Waals surface area contributed by atoms with E-state index in [0.29, 0.717) is 23.4 Å². The summed E-state index contributed by atoms with van der Waals surface area (Å²) in [5.41, 5.74) is 3.08. The molecule has 0 radical (unpaired) electrons. The Bertz CT molecular complexity index is 884. The smallest absolute Gasteiger partial charge is 0.146 e. The number of nitrogens with zero attached hydrogens (tertiary/aromatic N) is 1. The number of terminal acetylenes is 1. The number of aldehydes is 1. The summed E-state index contributed by atoms with van der Waals surface area (Å²) < 4.78 is 0. The fourth-order valence-electron chi connectivity index (χ4n) is 2.77. The molecule has 0 saturated carbocycles. The molecule has 0 bridgehead atoms. The number of nitrogens with one attached hydrogen (secondary N) is 1. The summed E-state index contributed by atoms with van der Waals surface area (Å²) >= 11 is 1.57. The van der Waals surface area contributed by atoms with E-state index in [1.165, 1.54) is 0 Å². The Kier molecular flexibility index (Phi) is 8.03. The van der Waals surface area contributed by atoms with Gasteiger partial charge >= 0.3 is 0 Å². The van der Waals surface area contributed by atoms with Crippen LogP contribution in [-0.4, -0.2) is 36.8 Å². The maximum atomic E-state index is 11.5. The number of phenols is 1. The van der Waals surface area contributed by atoms with Crippen LogP contribution in [0.2, 0.25) is 0 Å². The fourth-order valence-corrected chi connectivity index (χ4v) is 3.75. The third-order valence-corrected chi connectivity index (χ3v) is 5.42. The van der Waals surface area contributed by atoms with Crippen LogP contribution in [0.5, 0.6) is 5.75 Å². The highest BCUT2D eigenvalue weighted by atomic mass is 32.2. The molecule has 0 aromatic heterocycles. The molecule has 28 heavy (non-hydrogen) atoms. The fraction of sp³-hybridized carbons (Fsp3) is 0.261. The molecular formula is C23H26N2O2S. The number of benzene rings is 2. The molecule has 2 N–H and O–H groups in total. The zero-order valence-electron chi connectivity index (χ0n) is 16.5. The second-order valence-corrected chi connectivity index (χ2v) is 7.56. The van der Waals surface area contributed by atoms with Gasteiger partial charge in [-0.1, -0.05) is 18.1 Å². The molecule has 2 aromatic carbocycles. The number of aromatic hydroxyl groups is 1. The number of rotatable bonds is 9. The molecule has 2 aromatic rings. The van der Waals surface area contributed by atoms with Crippen LogP contribution in [0.4, 0.5) is 11.4 Å². The molecule has 0 aliphatic rings. The number of anilines is 2. The van der Waals surface area contributed by atoms with Crippen LogP contribution in [0.15, 0.2) is 52.9 Å². The number of hydrogen-bond acceptors (Lipinski definition) is 5. The Morgan fingerprint density at radius 2 is 2.07 bits per heavy atom. The predicted molar refractivity (Wildman–Crippen MR) is 120 cm³/mol. The third-order valence-electron chi connectivity index (χ3n) is 4.27. The summed E-state index contributed by atoms with van der Waals surface area (Å²) in [7, 11) is 1.87. The van der Waals surface area contributed by atoms with Crippen LogP contribution in [0, 0.1) is 12.3 Å². The van der Waals surface area contributed by atoms with Gasteiger partial charge in [-0.2, -0.15) is 0 Å². The lowest BCUT2D eigenvalue weighted by atomic mass is 10.1. The zero-order chi connectivity index (χ0) is 20.5. The first-order chi connectivity index (χ1) is 13.5. The average molecular weight is 395 g/mol. The van der Waals surface area contributed by atoms with Crippen LogP contribution < -0.4 is 10.2 Å². The van der Waals surface area contributed by atoms with Crippen LogP contribution >= 0.6 is 11.8 Å². The lowest BCUT2D eigenvalue weighted by Crippen LogP contribution is -2.30. The monoisotopic (exact) mass is 394 g/mol. The first-order valence-electron chi connectivity index (χ1n) is 9.08. The number of thioether (sulfide) groups is 1. The molecular weight excluding hydrogens is 368 g/mol. The van der Waals surface area contributed by atoms with Crippen molar-refractivity contribution in [3.63, 3.8) is 0 Å². The van der Waals surface area contributed by atoms with Gasteiger partial charge in [-0.15, -0.1) is 18.2 Å². The summed E-state index contributed by atoms with van der Waals surface area (Å²) in [6, 6.07) is 13.6. The van der Waals surface area contributed by atoms with Gasteiger partial charge < -0.3 is 15.3 Å². The van der Waals surface area contributed by atoms with Crippen molar-refractivity contribution in [1.29, 1.82) is 0 Å². The second-order valence-electron chi connectivity index (χ2n) is 6.54. The minimum Gasteiger partial charge on any atom is -0.507 e. The van der Waals surface area contributed by atoms with Crippen molar-refractivity contribution < 1.29 is 9.90 Å². The maximum Gasteiger partial charge on any atom is 0.146 e. The first-order valence-corrected chi connectivity index (χ1v) is 10.1. The maximum absolute atomic E-state index is 11.5. The van der Waals surface area contributed by atoms with E-state index in [0.717, 1.165) is 22.6 Å². The molecule has 0 atom stereocenters. The van der Waals surface area contributed by atoms with Gasteiger partial charge in [-0.25, -0.2) is 0 Å². The minimum atomic E-state index is 0.125. The minimum absolute atomic E-state index is 0.125.